The third-order valence-corrected chi connectivity index (χ3v) is 5.06. The van der Waals surface area contributed by atoms with E-state index < -0.39 is 0 Å². The number of hydrogen-bond acceptors (Lipinski definition) is 2. The molecular formula is C19H30N2S. The van der Waals surface area contributed by atoms with Gasteiger partial charge in [-0.3, -0.25) is 0 Å². The summed E-state index contributed by atoms with van der Waals surface area (Å²) in [6.45, 7) is 7.88. The predicted octanol–water partition coefficient (Wildman–Crippen LogP) is 4.86. The Hall–Kier alpha value is -0.930. The lowest BCUT2D eigenvalue weighted by Gasteiger charge is -2.10. The maximum atomic E-state index is 3.66. The van der Waals surface area contributed by atoms with Gasteiger partial charge >= 0.3 is 0 Å². The Morgan fingerprint density at radius 1 is 1.23 bits per heavy atom. The Morgan fingerprint density at radius 2 is 2.00 bits per heavy atom. The molecule has 0 saturated carbocycles. The van der Waals surface area contributed by atoms with Gasteiger partial charge in [0, 0.05) is 35.3 Å². The van der Waals surface area contributed by atoms with Crippen LogP contribution in [0, 0.1) is 12.8 Å². The molecule has 0 fully saturated rings. The van der Waals surface area contributed by atoms with Gasteiger partial charge in [0.25, 0.3) is 0 Å². The zero-order valence-corrected chi connectivity index (χ0v) is 15.5. The first-order valence-corrected chi connectivity index (χ1v) is 9.45. The highest BCUT2D eigenvalue weighted by Crippen LogP contribution is 2.28. The number of aromatic nitrogens is 1. The molecule has 2 rings (SSSR count). The summed E-state index contributed by atoms with van der Waals surface area (Å²) < 4.78 is 0. The molecule has 3 heteroatoms. The van der Waals surface area contributed by atoms with E-state index in [1.165, 1.54) is 39.9 Å². The SMILES string of the molecule is Cc1ccc2[nH]c(CCN(C)C)c(CSCCC(C)C)c2c1. The molecule has 0 radical (unpaired) electrons. The van der Waals surface area contributed by atoms with Gasteiger partial charge in [0.15, 0.2) is 0 Å². The van der Waals surface area contributed by atoms with E-state index >= 15 is 0 Å². The van der Waals surface area contributed by atoms with Crippen molar-refractivity contribution in [3.8, 4) is 0 Å². The molecule has 0 saturated heterocycles. The van der Waals surface area contributed by atoms with Crippen molar-refractivity contribution in [3.05, 3.63) is 35.0 Å². The molecule has 0 aliphatic rings. The van der Waals surface area contributed by atoms with Crippen molar-refractivity contribution in [2.75, 3.05) is 26.4 Å². The van der Waals surface area contributed by atoms with Crippen LogP contribution >= 0.6 is 11.8 Å². The lowest BCUT2D eigenvalue weighted by molar-refractivity contribution is 0.412. The number of thioether (sulfide) groups is 1. The number of likely N-dealkylation sites (N-methyl/N-ethyl adjacent to an activating group) is 1. The molecule has 0 aliphatic carbocycles. The van der Waals surface area contributed by atoms with Crippen LogP contribution in [0.15, 0.2) is 18.2 Å². The fourth-order valence-corrected chi connectivity index (χ4v) is 3.94. The summed E-state index contributed by atoms with van der Waals surface area (Å²) in [7, 11) is 4.29. The number of nitrogens with zero attached hydrogens (tertiary/aromatic N) is 1. The number of rotatable bonds is 8. The minimum atomic E-state index is 0.797. The molecular weight excluding hydrogens is 288 g/mol. The van der Waals surface area contributed by atoms with Crippen molar-refractivity contribution < 1.29 is 0 Å². The Kier molecular flexibility index (Phi) is 6.39. The van der Waals surface area contributed by atoms with E-state index in [1.807, 2.05) is 0 Å². The van der Waals surface area contributed by atoms with Crippen LogP contribution in [-0.4, -0.2) is 36.3 Å². The third kappa shape index (κ3) is 4.79. The van der Waals surface area contributed by atoms with Gasteiger partial charge in [-0.1, -0.05) is 25.5 Å². The van der Waals surface area contributed by atoms with E-state index in [2.05, 4.69) is 74.7 Å². The lowest BCUT2D eigenvalue weighted by atomic mass is 10.1. The molecule has 1 aromatic heterocycles. The number of aromatic amines is 1. The highest BCUT2D eigenvalue weighted by molar-refractivity contribution is 7.98. The summed E-state index contributed by atoms with van der Waals surface area (Å²) in [5, 5.41) is 1.42. The van der Waals surface area contributed by atoms with Crippen molar-refractivity contribution in [3.63, 3.8) is 0 Å². The van der Waals surface area contributed by atoms with Crippen LogP contribution in [0.1, 0.15) is 37.1 Å². The van der Waals surface area contributed by atoms with Crippen LogP contribution in [0.5, 0.6) is 0 Å². The van der Waals surface area contributed by atoms with Gasteiger partial charge in [0.2, 0.25) is 0 Å². The van der Waals surface area contributed by atoms with Gasteiger partial charge in [-0.15, -0.1) is 0 Å². The zero-order chi connectivity index (χ0) is 16.1. The first kappa shape index (κ1) is 17.4. The average Bonchev–Trinajstić information content (AvgIpc) is 2.78. The third-order valence-electron chi connectivity index (χ3n) is 4.04. The van der Waals surface area contributed by atoms with E-state index in [0.29, 0.717) is 0 Å². The first-order chi connectivity index (χ1) is 10.5. The Balaban J connectivity index is 2.18. The molecule has 22 heavy (non-hydrogen) atoms. The van der Waals surface area contributed by atoms with Gasteiger partial charge in [0.1, 0.15) is 0 Å². The maximum Gasteiger partial charge on any atom is 0.0459 e. The average molecular weight is 319 g/mol. The molecule has 1 heterocycles. The molecule has 0 amide bonds. The molecule has 1 N–H and O–H groups in total. The molecule has 1 aromatic carbocycles. The number of benzene rings is 1. The second-order valence-electron chi connectivity index (χ2n) is 6.92. The normalized spacial score (nSPS) is 12.0. The van der Waals surface area contributed by atoms with Crippen molar-refractivity contribution in [1.82, 2.24) is 9.88 Å². The summed E-state index contributed by atoms with van der Waals surface area (Å²) in [6.07, 6.45) is 2.40. The molecule has 0 spiro atoms. The zero-order valence-electron chi connectivity index (χ0n) is 14.7. The summed E-state index contributed by atoms with van der Waals surface area (Å²) in [6, 6.07) is 6.76. The summed E-state index contributed by atoms with van der Waals surface area (Å²) >= 11 is 2.07. The Morgan fingerprint density at radius 3 is 2.68 bits per heavy atom. The van der Waals surface area contributed by atoms with Crippen LogP contribution in [-0.2, 0) is 12.2 Å². The number of nitrogens with one attached hydrogen (secondary N) is 1. The number of aryl methyl sites for hydroxylation is 1. The number of fused-ring (bicyclic) bond motifs is 1. The number of H-pyrrole nitrogens is 1. The smallest absolute Gasteiger partial charge is 0.0459 e. The molecule has 2 nitrogen and oxygen atoms in total. The Labute approximate surface area is 139 Å². The van der Waals surface area contributed by atoms with Crippen LogP contribution in [0.25, 0.3) is 10.9 Å². The summed E-state index contributed by atoms with van der Waals surface area (Å²) in [5.74, 6) is 3.17. The largest absolute Gasteiger partial charge is 0.358 e. The van der Waals surface area contributed by atoms with Crippen molar-refractivity contribution in [2.24, 2.45) is 5.92 Å². The van der Waals surface area contributed by atoms with Gasteiger partial charge < -0.3 is 9.88 Å². The van der Waals surface area contributed by atoms with E-state index in [9.17, 15) is 0 Å². The van der Waals surface area contributed by atoms with Crippen molar-refractivity contribution in [2.45, 2.75) is 39.4 Å². The molecule has 2 aromatic rings. The quantitative estimate of drug-likeness (QED) is 0.701. The van der Waals surface area contributed by atoms with Gasteiger partial charge in [-0.2, -0.15) is 11.8 Å². The van der Waals surface area contributed by atoms with Crippen LogP contribution in [0.2, 0.25) is 0 Å². The van der Waals surface area contributed by atoms with E-state index in [0.717, 1.165) is 24.6 Å². The van der Waals surface area contributed by atoms with E-state index in [-0.39, 0.29) is 0 Å². The fraction of sp³-hybridized carbons (Fsp3) is 0.579. The molecule has 122 valence electrons. The van der Waals surface area contributed by atoms with E-state index in [4.69, 9.17) is 0 Å². The first-order valence-electron chi connectivity index (χ1n) is 8.30. The van der Waals surface area contributed by atoms with Gasteiger partial charge in [-0.05, 0) is 56.8 Å². The van der Waals surface area contributed by atoms with Gasteiger partial charge in [-0.25, -0.2) is 0 Å². The Bertz CT molecular complexity index is 599. The second-order valence-corrected chi connectivity index (χ2v) is 8.02. The van der Waals surface area contributed by atoms with Crippen molar-refractivity contribution in [1.29, 1.82) is 0 Å². The monoisotopic (exact) mass is 318 g/mol. The molecule has 0 atom stereocenters. The highest BCUT2D eigenvalue weighted by atomic mass is 32.2. The molecule has 0 aliphatic heterocycles. The van der Waals surface area contributed by atoms with Crippen LogP contribution < -0.4 is 0 Å². The topological polar surface area (TPSA) is 19.0 Å². The minimum Gasteiger partial charge on any atom is -0.358 e. The lowest BCUT2D eigenvalue weighted by Crippen LogP contribution is -2.15. The summed E-state index contributed by atoms with van der Waals surface area (Å²) in [4.78, 5) is 5.91. The second kappa shape index (κ2) is 8.07. The molecule has 0 unspecified atom stereocenters. The predicted molar refractivity (Wildman–Crippen MR) is 101 cm³/mol. The van der Waals surface area contributed by atoms with Crippen LogP contribution in [0.3, 0.4) is 0 Å². The molecule has 0 bridgehead atoms. The highest BCUT2D eigenvalue weighted by Gasteiger charge is 2.12. The fourth-order valence-electron chi connectivity index (χ4n) is 2.62. The standard InChI is InChI=1S/C19H30N2S/c1-14(2)9-11-22-13-17-16-12-15(3)6-7-18(16)20-19(17)8-10-21(4)5/h6-7,12,14,20H,8-11,13H2,1-5H3. The maximum absolute atomic E-state index is 3.66. The number of hydrogen-bond donors (Lipinski definition) is 1. The summed E-state index contributed by atoms with van der Waals surface area (Å²) in [5.41, 5.74) is 5.58. The van der Waals surface area contributed by atoms with Crippen LogP contribution in [0.4, 0.5) is 0 Å². The van der Waals surface area contributed by atoms with E-state index in [1.54, 1.807) is 0 Å². The minimum absolute atomic E-state index is 0.797. The van der Waals surface area contributed by atoms with Gasteiger partial charge in [0.05, 0.1) is 0 Å². The van der Waals surface area contributed by atoms with Crippen molar-refractivity contribution >= 4 is 22.7 Å².